The van der Waals surface area contributed by atoms with Crippen LogP contribution in [-0.2, 0) is 11.3 Å². The van der Waals surface area contributed by atoms with E-state index in [0.717, 1.165) is 6.07 Å². The Balaban J connectivity index is 1.70. The van der Waals surface area contributed by atoms with Crippen LogP contribution in [0.25, 0.3) is 0 Å². The lowest BCUT2D eigenvalue weighted by molar-refractivity contribution is -0.385. The molecule has 0 saturated carbocycles. The molecule has 0 aromatic heterocycles. The van der Waals surface area contributed by atoms with E-state index in [1.54, 1.807) is 19.1 Å². The lowest BCUT2D eigenvalue weighted by Gasteiger charge is -2.13. The zero-order valence-electron chi connectivity index (χ0n) is 14.2. The summed E-state index contributed by atoms with van der Waals surface area (Å²) in [6.07, 6.45) is 0. The maximum absolute atomic E-state index is 13.5. The lowest BCUT2D eigenvalue weighted by atomic mass is 10.1. The third-order valence-electron chi connectivity index (χ3n) is 4.20. The number of rotatable bonds is 5. The minimum atomic E-state index is -0.890. The van der Waals surface area contributed by atoms with Crippen LogP contribution in [0.4, 0.5) is 10.1 Å². The summed E-state index contributed by atoms with van der Waals surface area (Å²) in [5.41, 5.74) is 0.0783. The van der Waals surface area contributed by atoms with Crippen LogP contribution < -0.4 is 5.32 Å². The molecule has 0 unspecified atom stereocenters. The van der Waals surface area contributed by atoms with E-state index < -0.39 is 40.7 Å². The molecular formula is C18H14FN3O5. The van der Waals surface area contributed by atoms with Gasteiger partial charge in [0.05, 0.1) is 10.5 Å². The molecule has 0 bridgehead atoms. The second-order valence-corrected chi connectivity index (χ2v) is 6.01. The molecule has 138 valence electrons. The van der Waals surface area contributed by atoms with E-state index >= 15 is 0 Å². The minimum Gasteiger partial charge on any atom is -0.350 e. The molecule has 3 amide bonds. The van der Waals surface area contributed by atoms with Gasteiger partial charge in [-0.3, -0.25) is 29.4 Å². The molecule has 0 saturated heterocycles. The standard InChI is InChI=1S/C18H14FN3O5/c1-10-5-6-11(7-13(10)19)8-20-15(23)9-21-17(24)12-3-2-4-14(22(26)27)16(12)18(21)25/h2-7H,8-9H2,1H3,(H,20,23). The molecule has 0 radical (unpaired) electrons. The molecular weight excluding hydrogens is 357 g/mol. The summed E-state index contributed by atoms with van der Waals surface area (Å²) < 4.78 is 13.5. The summed E-state index contributed by atoms with van der Waals surface area (Å²) in [7, 11) is 0. The summed E-state index contributed by atoms with van der Waals surface area (Å²) in [6, 6.07) is 8.22. The molecule has 8 nitrogen and oxygen atoms in total. The normalized spacial score (nSPS) is 12.9. The van der Waals surface area contributed by atoms with E-state index in [1.165, 1.54) is 18.2 Å². The predicted molar refractivity (Wildman–Crippen MR) is 91.4 cm³/mol. The Morgan fingerprint density at radius 1 is 1.22 bits per heavy atom. The van der Waals surface area contributed by atoms with Gasteiger partial charge in [-0.25, -0.2) is 4.39 Å². The van der Waals surface area contributed by atoms with Crippen LogP contribution in [-0.4, -0.2) is 34.1 Å². The monoisotopic (exact) mass is 371 g/mol. The number of nitrogens with zero attached hydrogens (tertiary/aromatic N) is 2. The number of aryl methyl sites for hydroxylation is 1. The number of nitro benzene ring substituents is 1. The van der Waals surface area contributed by atoms with E-state index in [4.69, 9.17) is 0 Å². The Morgan fingerprint density at radius 2 is 1.96 bits per heavy atom. The van der Waals surface area contributed by atoms with E-state index in [9.17, 15) is 28.9 Å². The average molecular weight is 371 g/mol. The Morgan fingerprint density at radius 3 is 2.63 bits per heavy atom. The molecule has 0 spiro atoms. The van der Waals surface area contributed by atoms with Crippen molar-refractivity contribution >= 4 is 23.4 Å². The lowest BCUT2D eigenvalue weighted by Crippen LogP contribution is -2.40. The van der Waals surface area contributed by atoms with Gasteiger partial charge in [0.1, 0.15) is 17.9 Å². The van der Waals surface area contributed by atoms with E-state index in [0.29, 0.717) is 16.0 Å². The summed E-state index contributed by atoms with van der Waals surface area (Å²) in [5, 5.41) is 13.6. The third-order valence-corrected chi connectivity index (χ3v) is 4.20. The van der Waals surface area contributed by atoms with Crippen molar-refractivity contribution in [2.24, 2.45) is 0 Å². The maximum atomic E-state index is 13.5. The maximum Gasteiger partial charge on any atom is 0.282 e. The molecule has 2 aromatic carbocycles. The van der Waals surface area contributed by atoms with Crippen molar-refractivity contribution in [2.45, 2.75) is 13.5 Å². The highest BCUT2D eigenvalue weighted by molar-refractivity contribution is 6.24. The molecule has 27 heavy (non-hydrogen) atoms. The summed E-state index contributed by atoms with van der Waals surface area (Å²) in [6.45, 7) is 1.04. The number of carbonyl (C=O) groups excluding carboxylic acids is 3. The van der Waals surface area contributed by atoms with Crippen molar-refractivity contribution in [2.75, 3.05) is 6.54 Å². The van der Waals surface area contributed by atoms with Gasteiger partial charge in [0.25, 0.3) is 17.5 Å². The molecule has 3 rings (SSSR count). The van der Waals surface area contributed by atoms with Crippen LogP contribution in [0.1, 0.15) is 31.8 Å². The van der Waals surface area contributed by atoms with Gasteiger partial charge < -0.3 is 5.32 Å². The largest absolute Gasteiger partial charge is 0.350 e. The van der Waals surface area contributed by atoms with Crippen molar-refractivity contribution < 1.29 is 23.7 Å². The van der Waals surface area contributed by atoms with Crippen LogP contribution >= 0.6 is 0 Å². The number of nitrogens with one attached hydrogen (secondary N) is 1. The Labute approximate surface area is 152 Å². The van der Waals surface area contributed by atoms with Gasteiger partial charge in [-0.1, -0.05) is 18.2 Å². The van der Waals surface area contributed by atoms with Gasteiger partial charge in [-0.05, 0) is 30.2 Å². The number of amides is 3. The second kappa shape index (κ2) is 6.94. The number of fused-ring (bicyclic) bond motifs is 1. The van der Waals surface area contributed by atoms with Gasteiger partial charge in [0, 0.05) is 12.6 Å². The second-order valence-electron chi connectivity index (χ2n) is 6.01. The first-order valence-corrected chi connectivity index (χ1v) is 7.95. The molecule has 1 aliphatic heterocycles. The average Bonchev–Trinajstić information content (AvgIpc) is 2.87. The summed E-state index contributed by atoms with van der Waals surface area (Å²) in [4.78, 5) is 47.8. The highest BCUT2D eigenvalue weighted by atomic mass is 19.1. The van der Waals surface area contributed by atoms with Crippen molar-refractivity contribution in [1.82, 2.24) is 10.2 Å². The molecule has 1 aliphatic rings. The van der Waals surface area contributed by atoms with Crippen molar-refractivity contribution in [3.05, 3.63) is 74.6 Å². The van der Waals surface area contributed by atoms with Gasteiger partial charge in [0.2, 0.25) is 5.91 Å². The van der Waals surface area contributed by atoms with Crippen molar-refractivity contribution in [1.29, 1.82) is 0 Å². The first-order chi connectivity index (χ1) is 12.8. The van der Waals surface area contributed by atoms with Gasteiger partial charge in [-0.2, -0.15) is 0 Å². The molecule has 9 heteroatoms. The van der Waals surface area contributed by atoms with Gasteiger partial charge in [-0.15, -0.1) is 0 Å². The number of hydrogen-bond acceptors (Lipinski definition) is 5. The first kappa shape index (κ1) is 18.2. The van der Waals surface area contributed by atoms with Gasteiger partial charge in [0.15, 0.2) is 0 Å². The van der Waals surface area contributed by atoms with Crippen molar-refractivity contribution in [3.63, 3.8) is 0 Å². The molecule has 0 atom stereocenters. The molecule has 0 aliphatic carbocycles. The molecule has 1 heterocycles. The number of carbonyl (C=O) groups is 3. The fourth-order valence-corrected chi connectivity index (χ4v) is 2.76. The van der Waals surface area contributed by atoms with E-state index in [-0.39, 0.29) is 17.7 Å². The fraction of sp³-hybridized carbons (Fsp3) is 0.167. The van der Waals surface area contributed by atoms with E-state index in [1.807, 2.05) is 0 Å². The third kappa shape index (κ3) is 3.39. The number of benzene rings is 2. The van der Waals surface area contributed by atoms with Crippen LogP contribution in [0.2, 0.25) is 0 Å². The Kier molecular flexibility index (Phi) is 4.68. The zero-order valence-corrected chi connectivity index (χ0v) is 14.2. The molecule has 1 N–H and O–H groups in total. The zero-order chi connectivity index (χ0) is 19.7. The summed E-state index contributed by atoms with van der Waals surface area (Å²) in [5.74, 6) is -2.71. The quantitative estimate of drug-likeness (QED) is 0.491. The predicted octanol–water partition coefficient (Wildman–Crippen LogP) is 1.95. The van der Waals surface area contributed by atoms with E-state index in [2.05, 4.69) is 5.32 Å². The first-order valence-electron chi connectivity index (χ1n) is 7.95. The van der Waals surface area contributed by atoms with Crippen molar-refractivity contribution in [3.8, 4) is 0 Å². The smallest absolute Gasteiger partial charge is 0.282 e. The van der Waals surface area contributed by atoms with Crippen LogP contribution in [0.3, 0.4) is 0 Å². The highest BCUT2D eigenvalue weighted by Crippen LogP contribution is 2.30. The highest BCUT2D eigenvalue weighted by Gasteiger charge is 2.41. The number of halogens is 1. The Bertz CT molecular complexity index is 989. The number of imide groups is 1. The SMILES string of the molecule is Cc1ccc(CNC(=O)CN2C(=O)c3cccc([N+](=O)[O-])c3C2=O)cc1F. The van der Waals surface area contributed by atoms with Crippen LogP contribution in [0, 0.1) is 22.9 Å². The molecule has 0 fully saturated rings. The summed E-state index contributed by atoms with van der Waals surface area (Å²) >= 11 is 0. The van der Waals surface area contributed by atoms with Crippen LogP contribution in [0.15, 0.2) is 36.4 Å². The number of nitro groups is 1. The molecule has 2 aromatic rings. The minimum absolute atomic E-state index is 0.0132. The van der Waals surface area contributed by atoms with Crippen LogP contribution in [0.5, 0.6) is 0 Å². The Hall–Kier alpha value is -3.62. The fourth-order valence-electron chi connectivity index (χ4n) is 2.76. The topological polar surface area (TPSA) is 110 Å². The van der Waals surface area contributed by atoms with Gasteiger partial charge >= 0.3 is 0 Å². The number of hydrogen-bond donors (Lipinski definition) is 1.